The Morgan fingerprint density at radius 2 is 1.92 bits per heavy atom. The predicted octanol–water partition coefficient (Wildman–Crippen LogP) is 2.29. The van der Waals surface area contributed by atoms with Crippen LogP contribution in [0.15, 0.2) is 6.20 Å². The highest BCUT2D eigenvalue weighted by Gasteiger charge is 2.35. The number of hydrogen-bond acceptors (Lipinski definition) is 2. The van der Waals surface area contributed by atoms with Gasteiger partial charge in [0.1, 0.15) is 0 Å². The predicted molar refractivity (Wildman–Crippen MR) is 32.0 cm³/mol. The number of aromatic nitrogens is 2. The standard InChI is InChI=1S/C5HClF4N2/c6-2-1-11-4(7)12-3(2)5(8,9)10/h1H. The maximum absolute atomic E-state index is 12.1. The van der Waals surface area contributed by atoms with Crippen molar-refractivity contribution in [2.75, 3.05) is 0 Å². The summed E-state index contributed by atoms with van der Waals surface area (Å²) < 4.78 is 47.8. The van der Waals surface area contributed by atoms with Gasteiger partial charge in [-0.3, -0.25) is 0 Å². The molecule has 0 bridgehead atoms. The van der Waals surface area contributed by atoms with Crippen molar-refractivity contribution in [1.29, 1.82) is 0 Å². The molecule has 1 rings (SSSR count). The average molecular weight is 201 g/mol. The molecule has 0 aliphatic carbocycles. The van der Waals surface area contributed by atoms with Crippen LogP contribution in [-0.2, 0) is 6.18 Å². The summed E-state index contributed by atoms with van der Waals surface area (Å²) in [6, 6.07) is 0. The molecular weight excluding hydrogens is 200 g/mol. The second kappa shape index (κ2) is 2.85. The van der Waals surface area contributed by atoms with Gasteiger partial charge in [0.2, 0.25) is 0 Å². The highest BCUT2D eigenvalue weighted by Crippen LogP contribution is 2.32. The van der Waals surface area contributed by atoms with Gasteiger partial charge in [0.15, 0.2) is 5.69 Å². The maximum atomic E-state index is 12.1. The number of halogens is 5. The van der Waals surface area contributed by atoms with Gasteiger partial charge in [-0.1, -0.05) is 11.6 Å². The lowest BCUT2D eigenvalue weighted by molar-refractivity contribution is -0.141. The molecule has 0 amide bonds. The highest BCUT2D eigenvalue weighted by molar-refractivity contribution is 6.31. The lowest BCUT2D eigenvalue weighted by Crippen LogP contribution is -2.10. The summed E-state index contributed by atoms with van der Waals surface area (Å²) in [5.74, 6) is 0. The number of rotatable bonds is 0. The van der Waals surface area contributed by atoms with Crippen LogP contribution in [0.4, 0.5) is 17.6 Å². The van der Waals surface area contributed by atoms with E-state index in [1.54, 1.807) is 0 Å². The van der Waals surface area contributed by atoms with Gasteiger partial charge in [-0.15, -0.1) is 0 Å². The van der Waals surface area contributed by atoms with Crippen LogP contribution in [0.1, 0.15) is 5.69 Å². The molecule has 0 aliphatic rings. The fourth-order valence-electron chi connectivity index (χ4n) is 0.544. The fraction of sp³-hybridized carbons (Fsp3) is 0.200. The van der Waals surface area contributed by atoms with E-state index in [1.807, 2.05) is 0 Å². The molecule has 2 nitrogen and oxygen atoms in total. The second-order valence-corrected chi connectivity index (χ2v) is 2.24. The van der Waals surface area contributed by atoms with Gasteiger partial charge in [0.25, 0.3) is 0 Å². The monoisotopic (exact) mass is 200 g/mol. The molecule has 1 aromatic heterocycles. The first-order chi connectivity index (χ1) is 5.41. The Hall–Kier alpha value is -0.910. The summed E-state index contributed by atoms with van der Waals surface area (Å²) in [7, 11) is 0. The van der Waals surface area contributed by atoms with Gasteiger partial charge < -0.3 is 0 Å². The highest BCUT2D eigenvalue weighted by atomic mass is 35.5. The first-order valence-electron chi connectivity index (χ1n) is 2.66. The van der Waals surface area contributed by atoms with E-state index in [9.17, 15) is 17.6 Å². The van der Waals surface area contributed by atoms with Crippen molar-refractivity contribution in [2.24, 2.45) is 0 Å². The quantitative estimate of drug-likeness (QED) is 0.474. The van der Waals surface area contributed by atoms with Crippen molar-refractivity contribution in [3.8, 4) is 0 Å². The van der Waals surface area contributed by atoms with Crippen LogP contribution in [0.2, 0.25) is 5.02 Å². The van der Waals surface area contributed by atoms with Crippen LogP contribution < -0.4 is 0 Å². The largest absolute Gasteiger partial charge is 0.435 e. The average Bonchev–Trinajstić information content (AvgIpc) is 1.92. The molecule has 0 spiro atoms. The lowest BCUT2D eigenvalue weighted by atomic mass is 10.4. The Morgan fingerprint density at radius 3 is 2.33 bits per heavy atom. The first kappa shape index (κ1) is 9.18. The Labute approximate surface area is 69.2 Å². The number of nitrogens with zero attached hydrogens (tertiary/aromatic N) is 2. The van der Waals surface area contributed by atoms with Gasteiger partial charge in [-0.05, 0) is 0 Å². The van der Waals surface area contributed by atoms with Gasteiger partial charge in [0, 0.05) is 0 Å². The van der Waals surface area contributed by atoms with Gasteiger partial charge in [-0.2, -0.15) is 22.5 Å². The molecule has 12 heavy (non-hydrogen) atoms. The van der Waals surface area contributed by atoms with Crippen LogP contribution >= 0.6 is 11.6 Å². The van der Waals surface area contributed by atoms with Crippen LogP contribution in [-0.4, -0.2) is 9.97 Å². The summed E-state index contributed by atoms with van der Waals surface area (Å²) in [6.45, 7) is 0. The van der Waals surface area contributed by atoms with Gasteiger partial charge in [-0.25, -0.2) is 4.98 Å². The number of alkyl halides is 3. The Morgan fingerprint density at radius 1 is 1.33 bits per heavy atom. The van der Waals surface area contributed by atoms with Crippen molar-refractivity contribution in [2.45, 2.75) is 6.18 Å². The summed E-state index contributed by atoms with van der Waals surface area (Å²) in [5, 5.41) is -0.719. The first-order valence-corrected chi connectivity index (χ1v) is 3.04. The maximum Gasteiger partial charge on any atom is 0.435 e. The Bertz CT molecular complexity index is 298. The Kier molecular flexibility index (Phi) is 2.18. The second-order valence-electron chi connectivity index (χ2n) is 1.83. The lowest BCUT2D eigenvalue weighted by Gasteiger charge is -2.05. The fourth-order valence-corrected chi connectivity index (χ4v) is 0.743. The van der Waals surface area contributed by atoms with Crippen molar-refractivity contribution >= 4 is 11.6 Å². The van der Waals surface area contributed by atoms with E-state index >= 15 is 0 Å². The number of hydrogen-bond donors (Lipinski definition) is 0. The van der Waals surface area contributed by atoms with Crippen LogP contribution in [0.25, 0.3) is 0 Å². The minimum atomic E-state index is -4.75. The Balaban J connectivity index is 3.23. The molecule has 1 heterocycles. The summed E-state index contributed by atoms with van der Waals surface area (Å²) in [6.07, 6.45) is -5.64. The van der Waals surface area contributed by atoms with Gasteiger partial charge in [0.05, 0.1) is 11.2 Å². The van der Waals surface area contributed by atoms with Crippen molar-refractivity contribution in [3.05, 3.63) is 23.0 Å². The van der Waals surface area contributed by atoms with Crippen LogP contribution in [0.5, 0.6) is 0 Å². The molecule has 0 atom stereocenters. The molecule has 0 aromatic carbocycles. The zero-order valence-electron chi connectivity index (χ0n) is 5.36. The molecule has 66 valence electrons. The van der Waals surface area contributed by atoms with E-state index < -0.39 is 23.0 Å². The molecular formula is C5HClF4N2. The minimum Gasteiger partial charge on any atom is -0.209 e. The zero-order chi connectivity index (χ0) is 9.35. The van der Waals surface area contributed by atoms with Crippen LogP contribution in [0, 0.1) is 6.08 Å². The smallest absolute Gasteiger partial charge is 0.209 e. The van der Waals surface area contributed by atoms with Crippen molar-refractivity contribution in [1.82, 2.24) is 9.97 Å². The van der Waals surface area contributed by atoms with E-state index in [4.69, 9.17) is 11.6 Å². The molecule has 0 saturated heterocycles. The van der Waals surface area contributed by atoms with E-state index in [1.165, 1.54) is 0 Å². The van der Waals surface area contributed by atoms with Crippen LogP contribution in [0.3, 0.4) is 0 Å². The molecule has 1 aromatic rings. The SMILES string of the molecule is Fc1ncc(Cl)c(C(F)(F)F)n1. The molecule has 7 heteroatoms. The molecule has 0 fully saturated rings. The molecule has 0 N–H and O–H groups in total. The van der Waals surface area contributed by atoms with E-state index in [0.717, 1.165) is 0 Å². The van der Waals surface area contributed by atoms with E-state index in [0.29, 0.717) is 6.20 Å². The van der Waals surface area contributed by atoms with E-state index in [2.05, 4.69) is 9.97 Å². The summed E-state index contributed by atoms with van der Waals surface area (Å²) in [5.41, 5.74) is -1.46. The summed E-state index contributed by atoms with van der Waals surface area (Å²) >= 11 is 5.07. The summed E-state index contributed by atoms with van der Waals surface area (Å²) in [4.78, 5) is 5.35. The molecule has 0 aliphatic heterocycles. The topological polar surface area (TPSA) is 25.8 Å². The molecule has 0 unspecified atom stereocenters. The normalized spacial score (nSPS) is 11.8. The van der Waals surface area contributed by atoms with E-state index in [-0.39, 0.29) is 0 Å². The molecule has 0 saturated carbocycles. The zero-order valence-corrected chi connectivity index (χ0v) is 6.12. The molecule has 0 radical (unpaired) electrons. The third kappa shape index (κ3) is 1.82. The van der Waals surface area contributed by atoms with Gasteiger partial charge >= 0.3 is 12.3 Å². The third-order valence-corrected chi connectivity index (χ3v) is 1.26. The minimum absolute atomic E-state index is 0.562. The van der Waals surface area contributed by atoms with Crippen molar-refractivity contribution in [3.63, 3.8) is 0 Å². The van der Waals surface area contributed by atoms with Crippen molar-refractivity contribution < 1.29 is 17.6 Å². The third-order valence-electron chi connectivity index (χ3n) is 0.983.